The number of hydrogen-bond acceptors (Lipinski definition) is 4. The van der Waals surface area contributed by atoms with Gasteiger partial charge < -0.3 is 9.64 Å². The molecular weight excluding hydrogens is 316 g/mol. The molecule has 2 saturated heterocycles. The zero-order valence-corrected chi connectivity index (χ0v) is 14.2. The summed E-state index contributed by atoms with van der Waals surface area (Å²) in [6, 6.07) is 10.4. The molecule has 3 heterocycles. The molecule has 0 unspecified atom stereocenters. The Kier molecular flexibility index (Phi) is 4.38. The zero-order valence-electron chi connectivity index (χ0n) is 14.2. The molecule has 0 aliphatic carbocycles. The smallest absolute Gasteiger partial charge is 0.306 e. The van der Waals surface area contributed by atoms with Crippen LogP contribution >= 0.6 is 0 Å². The standard InChI is InChI=1S/C20H22N2O3/c23-19(11-14-12-20(24)25-13-14)22-9-6-15(7-10-22)16-5-8-21-18-4-2-1-3-17(16)18/h1-5,8,14-15H,6-7,9-13H2/t14-/m1/s1. The summed E-state index contributed by atoms with van der Waals surface area (Å²) in [6.07, 6.45) is 4.63. The molecule has 5 heteroatoms. The van der Waals surface area contributed by atoms with Gasteiger partial charge in [-0.25, -0.2) is 0 Å². The van der Waals surface area contributed by atoms with Crippen molar-refractivity contribution in [3.63, 3.8) is 0 Å². The van der Waals surface area contributed by atoms with Gasteiger partial charge in [-0.15, -0.1) is 0 Å². The summed E-state index contributed by atoms with van der Waals surface area (Å²) < 4.78 is 4.95. The van der Waals surface area contributed by atoms with Crippen molar-refractivity contribution in [1.29, 1.82) is 0 Å². The minimum absolute atomic E-state index is 0.0573. The molecule has 0 radical (unpaired) electrons. The molecule has 1 atom stereocenters. The van der Waals surface area contributed by atoms with E-state index in [-0.39, 0.29) is 17.8 Å². The molecule has 2 fully saturated rings. The van der Waals surface area contributed by atoms with Gasteiger partial charge in [0, 0.05) is 37.0 Å². The number of hydrogen-bond donors (Lipinski definition) is 0. The summed E-state index contributed by atoms with van der Waals surface area (Å²) in [5, 5.41) is 1.22. The van der Waals surface area contributed by atoms with Gasteiger partial charge in [0.2, 0.25) is 5.91 Å². The number of piperidine rings is 1. The molecule has 0 saturated carbocycles. The van der Waals surface area contributed by atoms with E-state index in [0.29, 0.717) is 25.4 Å². The van der Waals surface area contributed by atoms with E-state index < -0.39 is 0 Å². The number of fused-ring (bicyclic) bond motifs is 1. The summed E-state index contributed by atoms with van der Waals surface area (Å²) in [7, 11) is 0. The van der Waals surface area contributed by atoms with Crippen molar-refractivity contribution >= 4 is 22.8 Å². The average Bonchev–Trinajstić information content (AvgIpc) is 3.06. The van der Waals surface area contributed by atoms with Crippen LogP contribution in [0.4, 0.5) is 0 Å². The number of ether oxygens (including phenoxy) is 1. The first-order chi connectivity index (χ1) is 12.2. The molecule has 4 rings (SSSR count). The Hall–Kier alpha value is -2.43. The highest BCUT2D eigenvalue weighted by Gasteiger charge is 2.30. The molecule has 2 aliphatic rings. The van der Waals surface area contributed by atoms with Crippen molar-refractivity contribution in [3.05, 3.63) is 42.1 Å². The van der Waals surface area contributed by atoms with Gasteiger partial charge in [0.15, 0.2) is 0 Å². The Morgan fingerprint density at radius 2 is 2.00 bits per heavy atom. The van der Waals surface area contributed by atoms with Crippen LogP contribution in [0.25, 0.3) is 10.9 Å². The van der Waals surface area contributed by atoms with Gasteiger partial charge in [0.1, 0.15) is 0 Å². The maximum absolute atomic E-state index is 12.5. The quantitative estimate of drug-likeness (QED) is 0.808. The summed E-state index contributed by atoms with van der Waals surface area (Å²) in [5.41, 5.74) is 2.37. The van der Waals surface area contributed by atoms with E-state index in [2.05, 4.69) is 23.2 Å². The Labute approximate surface area is 147 Å². The second kappa shape index (κ2) is 6.82. The molecular formula is C20H22N2O3. The van der Waals surface area contributed by atoms with Crippen molar-refractivity contribution in [1.82, 2.24) is 9.88 Å². The van der Waals surface area contributed by atoms with Crippen LogP contribution in [0.5, 0.6) is 0 Å². The average molecular weight is 338 g/mol. The lowest BCUT2D eigenvalue weighted by molar-refractivity contribution is -0.138. The normalized spacial score (nSPS) is 21.5. The van der Waals surface area contributed by atoms with Gasteiger partial charge >= 0.3 is 5.97 Å². The number of nitrogens with zero attached hydrogens (tertiary/aromatic N) is 2. The minimum atomic E-state index is -0.180. The molecule has 1 aromatic heterocycles. The number of rotatable bonds is 3. The fraction of sp³-hybridized carbons (Fsp3) is 0.450. The number of cyclic esters (lactones) is 1. The second-order valence-corrected chi connectivity index (χ2v) is 7.03. The number of pyridine rings is 1. The predicted octanol–water partition coefficient (Wildman–Crippen LogP) is 2.89. The monoisotopic (exact) mass is 338 g/mol. The van der Waals surface area contributed by atoms with Crippen molar-refractivity contribution in [2.24, 2.45) is 5.92 Å². The number of esters is 1. The summed E-state index contributed by atoms with van der Waals surface area (Å²) in [6.45, 7) is 1.95. The van der Waals surface area contributed by atoms with Crippen LogP contribution in [-0.4, -0.2) is 41.5 Å². The fourth-order valence-electron chi connectivity index (χ4n) is 3.99. The van der Waals surface area contributed by atoms with E-state index in [4.69, 9.17) is 4.74 Å². The maximum Gasteiger partial charge on any atom is 0.306 e. The highest BCUT2D eigenvalue weighted by molar-refractivity contribution is 5.82. The van der Waals surface area contributed by atoms with Crippen LogP contribution < -0.4 is 0 Å². The van der Waals surface area contributed by atoms with Crippen LogP contribution in [0.15, 0.2) is 36.5 Å². The summed E-state index contributed by atoms with van der Waals surface area (Å²) in [5.74, 6) is 0.498. The topological polar surface area (TPSA) is 59.5 Å². The van der Waals surface area contributed by atoms with Crippen molar-refractivity contribution in [2.75, 3.05) is 19.7 Å². The maximum atomic E-state index is 12.5. The molecule has 1 amide bonds. The first-order valence-electron chi connectivity index (χ1n) is 8.98. The Balaban J connectivity index is 1.39. The largest absolute Gasteiger partial charge is 0.465 e. The van der Waals surface area contributed by atoms with Gasteiger partial charge in [-0.2, -0.15) is 0 Å². The molecule has 5 nitrogen and oxygen atoms in total. The lowest BCUT2D eigenvalue weighted by Gasteiger charge is -2.33. The van der Waals surface area contributed by atoms with E-state index in [9.17, 15) is 9.59 Å². The zero-order chi connectivity index (χ0) is 17.2. The Morgan fingerprint density at radius 3 is 2.76 bits per heavy atom. The van der Waals surface area contributed by atoms with Gasteiger partial charge in [0.25, 0.3) is 0 Å². The van der Waals surface area contributed by atoms with Gasteiger partial charge in [0.05, 0.1) is 18.5 Å². The van der Waals surface area contributed by atoms with E-state index in [0.717, 1.165) is 31.4 Å². The fourth-order valence-corrected chi connectivity index (χ4v) is 3.99. The molecule has 130 valence electrons. The Bertz CT molecular complexity index is 791. The number of carbonyl (C=O) groups is 2. The van der Waals surface area contributed by atoms with Crippen LogP contribution in [0.2, 0.25) is 0 Å². The Morgan fingerprint density at radius 1 is 1.20 bits per heavy atom. The second-order valence-electron chi connectivity index (χ2n) is 7.03. The van der Waals surface area contributed by atoms with E-state index >= 15 is 0 Å². The summed E-state index contributed by atoms with van der Waals surface area (Å²) >= 11 is 0. The third-order valence-corrected chi connectivity index (χ3v) is 5.37. The van der Waals surface area contributed by atoms with Gasteiger partial charge in [-0.1, -0.05) is 18.2 Å². The molecule has 25 heavy (non-hydrogen) atoms. The lowest BCUT2D eigenvalue weighted by Crippen LogP contribution is -2.38. The minimum Gasteiger partial charge on any atom is -0.465 e. The third kappa shape index (κ3) is 3.36. The van der Waals surface area contributed by atoms with Gasteiger partial charge in [-0.05, 0) is 36.5 Å². The van der Waals surface area contributed by atoms with Gasteiger partial charge in [-0.3, -0.25) is 14.6 Å². The highest BCUT2D eigenvalue weighted by atomic mass is 16.5. The number of aromatic nitrogens is 1. The van der Waals surface area contributed by atoms with Crippen LogP contribution in [0.3, 0.4) is 0 Å². The van der Waals surface area contributed by atoms with Crippen molar-refractivity contribution in [3.8, 4) is 0 Å². The van der Waals surface area contributed by atoms with E-state index in [1.165, 1.54) is 10.9 Å². The van der Waals surface area contributed by atoms with Crippen LogP contribution in [0, 0.1) is 5.92 Å². The highest BCUT2D eigenvalue weighted by Crippen LogP contribution is 2.32. The molecule has 1 aromatic carbocycles. The molecule has 2 aromatic rings. The number of amides is 1. The SMILES string of the molecule is O=C1C[C@@H](CC(=O)N2CCC(c3ccnc4ccccc34)CC2)CO1. The number of likely N-dealkylation sites (tertiary alicyclic amines) is 1. The third-order valence-electron chi connectivity index (χ3n) is 5.37. The molecule has 0 spiro atoms. The van der Waals surface area contributed by atoms with E-state index in [1.54, 1.807) is 0 Å². The molecule has 2 aliphatic heterocycles. The first-order valence-corrected chi connectivity index (χ1v) is 8.98. The number of para-hydroxylation sites is 1. The first kappa shape index (κ1) is 16.1. The predicted molar refractivity (Wildman–Crippen MR) is 94.0 cm³/mol. The summed E-state index contributed by atoms with van der Waals surface area (Å²) in [4.78, 5) is 30.0. The molecule has 0 bridgehead atoms. The van der Waals surface area contributed by atoms with Crippen LogP contribution in [-0.2, 0) is 14.3 Å². The van der Waals surface area contributed by atoms with Crippen molar-refractivity contribution in [2.45, 2.75) is 31.6 Å². The number of benzene rings is 1. The van der Waals surface area contributed by atoms with Crippen molar-refractivity contribution < 1.29 is 14.3 Å². The van der Waals surface area contributed by atoms with Crippen LogP contribution in [0.1, 0.15) is 37.2 Å². The lowest BCUT2D eigenvalue weighted by atomic mass is 9.87. The van der Waals surface area contributed by atoms with E-state index in [1.807, 2.05) is 23.2 Å². The molecule has 0 N–H and O–H groups in total. The number of carbonyl (C=O) groups excluding carboxylic acids is 2.